The van der Waals surface area contributed by atoms with Gasteiger partial charge in [-0.1, -0.05) is 142 Å². The molecule has 0 aromatic heterocycles. The van der Waals surface area contributed by atoms with Crippen molar-refractivity contribution in [3.8, 4) is 0 Å². The summed E-state index contributed by atoms with van der Waals surface area (Å²) in [6.45, 7) is 1.21. The van der Waals surface area contributed by atoms with Gasteiger partial charge in [0.15, 0.2) is 18.9 Å². The van der Waals surface area contributed by atoms with Crippen LogP contribution in [0.2, 0.25) is 0 Å². The average Bonchev–Trinajstić information content (AvgIpc) is 3.30. The van der Waals surface area contributed by atoms with Crippen molar-refractivity contribution < 1.29 is 89.4 Å². The molecule has 0 spiro atoms. The normalized spacial score (nSPS) is 34.1. The minimum atomic E-state index is -1.96. The summed E-state index contributed by atoms with van der Waals surface area (Å²) in [4.78, 5) is 12.4. The third kappa shape index (κ3) is 19.2. The Morgan fingerprint density at radius 1 is 0.492 bits per heavy atom. The summed E-state index contributed by atoms with van der Waals surface area (Å²) in [6.07, 6.45) is -0.738. The van der Waals surface area contributed by atoms with E-state index in [9.17, 15) is 61.0 Å². The van der Waals surface area contributed by atoms with E-state index in [0.29, 0.717) is 6.42 Å². The second-order valence-corrected chi connectivity index (χ2v) is 18.2. The quantitative estimate of drug-likeness (QED) is 0.0399. The summed E-state index contributed by atoms with van der Waals surface area (Å²) in [5.74, 6) is -0.330. The van der Waals surface area contributed by atoms with Gasteiger partial charge in [-0.25, -0.2) is 0 Å². The van der Waals surface area contributed by atoms with Gasteiger partial charge >= 0.3 is 0 Å². The topological polar surface area (TPSA) is 307 Å². The predicted octanol–water partition coefficient (Wildman–Crippen LogP) is 0.919. The minimum absolute atomic E-state index is 0.150. The summed E-state index contributed by atoms with van der Waals surface area (Å²) in [6, 6.07) is -0.877. The molecule has 17 atom stereocenters. The summed E-state index contributed by atoms with van der Waals surface area (Å²) >= 11 is 0. The molecule has 3 aliphatic heterocycles. The molecule has 384 valence electrons. The maximum atomic E-state index is 12.4. The molecule has 0 saturated carbocycles. The van der Waals surface area contributed by atoms with Crippen molar-refractivity contribution in [2.45, 2.75) is 259 Å². The molecule has 3 fully saturated rings. The number of aliphatic hydroxyl groups is 11. The highest BCUT2D eigenvalue weighted by Gasteiger charge is 2.53. The number of amides is 1. The molecule has 0 bridgehead atoms. The molecule has 3 rings (SSSR count). The molecule has 19 heteroatoms. The van der Waals surface area contributed by atoms with Gasteiger partial charge in [0.2, 0.25) is 5.91 Å². The summed E-state index contributed by atoms with van der Waals surface area (Å²) in [7, 11) is 0. The minimum Gasteiger partial charge on any atom is -0.394 e. The Morgan fingerprint density at radius 3 is 1.28 bits per heavy atom. The second kappa shape index (κ2) is 32.6. The molecule has 0 aliphatic carbocycles. The van der Waals surface area contributed by atoms with Crippen LogP contribution in [0.25, 0.3) is 0 Å². The molecule has 3 saturated heterocycles. The Kier molecular flexibility index (Phi) is 29.1. The van der Waals surface area contributed by atoms with Crippen molar-refractivity contribution in [1.29, 1.82) is 0 Å². The maximum Gasteiger partial charge on any atom is 0.220 e. The Labute approximate surface area is 385 Å². The van der Waals surface area contributed by atoms with Gasteiger partial charge in [-0.05, 0) is 6.42 Å². The number of carbonyl (C=O) groups excluding carboxylic acids is 1. The van der Waals surface area contributed by atoms with Crippen molar-refractivity contribution >= 4 is 5.91 Å². The first-order valence-electron chi connectivity index (χ1n) is 24.8. The molecule has 3 heterocycles. The van der Waals surface area contributed by atoms with Crippen molar-refractivity contribution in [2.75, 3.05) is 26.4 Å². The number of hydrogen-bond acceptors (Lipinski definition) is 18. The van der Waals surface area contributed by atoms with Crippen molar-refractivity contribution in [2.24, 2.45) is 0 Å². The van der Waals surface area contributed by atoms with E-state index in [1.54, 1.807) is 6.92 Å². The number of nitrogens with one attached hydrogen (secondary N) is 1. The summed E-state index contributed by atoms with van der Waals surface area (Å²) in [5.41, 5.74) is 0. The van der Waals surface area contributed by atoms with Crippen LogP contribution < -0.4 is 5.32 Å². The van der Waals surface area contributed by atoms with Crippen LogP contribution in [0.15, 0.2) is 0 Å². The van der Waals surface area contributed by atoms with Crippen LogP contribution in [-0.2, 0) is 33.2 Å². The van der Waals surface area contributed by atoms with Crippen LogP contribution in [-0.4, -0.2) is 193 Å². The largest absolute Gasteiger partial charge is 0.394 e. The number of rotatable bonds is 34. The number of ether oxygens (including phenoxy) is 6. The van der Waals surface area contributed by atoms with Gasteiger partial charge in [0.25, 0.3) is 0 Å². The van der Waals surface area contributed by atoms with Crippen molar-refractivity contribution in [3.63, 3.8) is 0 Å². The van der Waals surface area contributed by atoms with Gasteiger partial charge < -0.3 is 89.9 Å². The zero-order valence-corrected chi connectivity index (χ0v) is 39.0. The first-order valence-corrected chi connectivity index (χ1v) is 24.8. The van der Waals surface area contributed by atoms with Crippen molar-refractivity contribution in [1.82, 2.24) is 5.32 Å². The number of unbranched alkanes of at least 4 members (excludes halogenated alkanes) is 19. The third-order valence-corrected chi connectivity index (χ3v) is 13.0. The average molecular weight is 942 g/mol. The SMILES string of the molecule is CCCCCCCCCCCCCCCCCCCCCCC(O)C(COC1OC(CO)C(OC2OC(CO)C(OC3OC(CO)C(O)C(O)C3O)C(O)C2O)C(O)C1O)NC(=O)CC. The summed E-state index contributed by atoms with van der Waals surface area (Å²) < 4.78 is 33.8. The zero-order valence-electron chi connectivity index (χ0n) is 39.0. The molecular weight excluding hydrogens is 854 g/mol. The Hall–Kier alpha value is -1.21. The lowest BCUT2D eigenvalue weighted by Gasteiger charge is -2.48. The smallest absolute Gasteiger partial charge is 0.220 e. The molecule has 0 aromatic carbocycles. The number of hydrogen-bond donors (Lipinski definition) is 12. The van der Waals surface area contributed by atoms with Gasteiger partial charge in [0.1, 0.15) is 73.2 Å². The monoisotopic (exact) mass is 942 g/mol. The summed E-state index contributed by atoms with van der Waals surface area (Å²) in [5, 5.41) is 118. The van der Waals surface area contributed by atoms with Gasteiger partial charge in [-0.2, -0.15) is 0 Å². The fraction of sp³-hybridized carbons (Fsp3) is 0.978. The lowest BCUT2D eigenvalue weighted by atomic mass is 9.96. The van der Waals surface area contributed by atoms with Crippen LogP contribution in [0, 0.1) is 0 Å². The molecule has 0 radical (unpaired) electrons. The molecule has 17 unspecified atom stereocenters. The Balaban J connectivity index is 1.39. The first-order chi connectivity index (χ1) is 31.3. The van der Waals surface area contributed by atoms with E-state index in [2.05, 4.69) is 12.2 Å². The predicted molar refractivity (Wildman–Crippen MR) is 236 cm³/mol. The van der Waals surface area contributed by atoms with Gasteiger partial charge in [0, 0.05) is 6.42 Å². The fourth-order valence-electron chi connectivity index (χ4n) is 8.75. The van der Waals surface area contributed by atoms with E-state index < -0.39 is 124 Å². The molecule has 1 amide bonds. The molecule has 65 heavy (non-hydrogen) atoms. The number of aliphatic hydroxyl groups excluding tert-OH is 11. The second-order valence-electron chi connectivity index (χ2n) is 18.2. The Morgan fingerprint density at radius 2 is 0.862 bits per heavy atom. The van der Waals surface area contributed by atoms with E-state index in [0.717, 1.165) is 25.7 Å². The van der Waals surface area contributed by atoms with E-state index in [4.69, 9.17) is 28.4 Å². The van der Waals surface area contributed by atoms with Crippen LogP contribution >= 0.6 is 0 Å². The van der Waals surface area contributed by atoms with Crippen molar-refractivity contribution in [3.05, 3.63) is 0 Å². The Bertz CT molecular complexity index is 1220. The molecule has 19 nitrogen and oxygen atoms in total. The van der Waals surface area contributed by atoms with Gasteiger partial charge in [0.05, 0.1) is 38.6 Å². The molecule has 12 N–H and O–H groups in total. The molecule has 3 aliphatic rings. The van der Waals surface area contributed by atoms with E-state index >= 15 is 0 Å². The highest BCUT2D eigenvalue weighted by atomic mass is 16.8. The molecular formula is C46H87NO18. The van der Waals surface area contributed by atoms with E-state index in [-0.39, 0.29) is 18.9 Å². The van der Waals surface area contributed by atoms with Crippen LogP contribution in [0.1, 0.15) is 155 Å². The zero-order chi connectivity index (χ0) is 47.7. The van der Waals surface area contributed by atoms with Crippen LogP contribution in [0.3, 0.4) is 0 Å². The lowest BCUT2D eigenvalue weighted by Crippen LogP contribution is -2.66. The third-order valence-electron chi connectivity index (χ3n) is 13.0. The lowest BCUT2D eigenvalue weighted by molar-refractivity contribution is -0.379. The van der Waals surface area contributed by atoms with E-state index in [1.165, 1.54) is 103 Å². The molecule has 0 aromatic rings. The fourth-order valence-corrected chi connectivity index (χ4v) is 8.75. The van der Waals surface area contributed by atoms with Crippen LogP contribution in [0.5, 0.6) is 0 Å². The van der Waals surface area contributed by atoms with Crippen LogP contribution in [0.4, 0.5) is 0 Å². The van der Waals surface area contributed by atoms with E-state index in [1.807, 2.05) is 0 Å². The highest BCUT2D eigenvalue weighted by molar-refractivity contribution is 5.75. The number of carbonyl (C=O) groups is 1. The first kappa shape index (κ1) is 58.1. The highest BCUT2D eigenvalue weighted by Crippen LogP contribution is 2.33. The van der Waals surface area contributed by atoms with Gasteiger partial charge in [-0.3, -0.25) is 4.79 Å². The maximum absolute atomic E-state index is 12.4. The van der Waals surface area contributed by atoms with Gasteiger partial charge in [-0.15, -0.1) is 0 Å². The standard InChI is InChI=1S/C46H87NO18/c1-3-5-6-7-8-9-10-11-12-13-14-15-16-17-18-19-20-21-22-23-24-30(51)29(47-34(52)4-2)28-60-44-40(58)37(55)42(32(26-49)62-44)65-46-41(59)38(56)43(33(27-50)63-46)64-45-39(57)36(54)35(53)31(25-48)61-45/h29-33,35-46,48-51,53-59H,3-28H2,1-2H3,(H,47,52).